The van der Waals surface area contributed by atoms with Crippen LogP contribution >= 0.6 is 0 Å². The van der Waals surface area contributed by atoms with E-state index in [1.54, 1.807) is 24.3 Å². The van der Waals surface area contributed by atoms with Crippen LogP contribution in [0.4, 0.5) is 11.4 Å². The molecule has 0 unspecified atom stereocenters. The lowest BCUT2D eigenvalue weighted by molar-refractivity contribution is -0.384. The molecule has 2 aromatic rings. The Morgan fingerprint density at radius 2 is 1.68 bits per heavy atom. The smallest absolute Gasteiger partial charge is 0.269 e. The molecule has 0 aliphatic carbocycles. The summed E-state index contributed by atoms with van der Waals surface area (Å²) < 4.78 is 5.39. The van der Waals surface area contributed by atoms with Gasteiger partial charge in [-0.25, -0.2) is 0 Å². The van der Waals surface area contributed by atoms with E-state index in [0.29, 0.717) is 24.5 Å². The van der Waals surface area contributed by atoms with Crippen molar-refractivity contribution in [3.8, 4) is 5.75 Å². The molecule has 10 heteroatoms. The fourth-order valence-corrected chi connectivity index (χ4v) is 3.13. The Kier molecular flexibility index (Phi) is 10.0. The molecule has 182 valence electrons. The lowest BCUT2D eigenvalue weighted by Crippen LogP contribution is -2.45. The number of nitro benzene ring substituents is 1. The van der Waals surface area contributed by atoms with Gasteiger partial charge >= 0.3 is 0 Å². The highest BCUT2D eigenvalue weighted by atomic mass is 16.6. The summed E-state index contributed by atoms with van der Waals surface area (Å²) in [7, 11) is 0. The SMILES string of the molecule is CCOc1ccc(NC(=O)[C@H](CC(C)C)NC(=O)CCNC(=O)c2ccc([N+](=O)[O-])cc2)cc1. The number of nitro groups is 1. The maximum atomic E-state index is 12.8. The van der Waals surface area contributed by atoms with Crippen molar-refractivity contribution in [3.63, 3.8) is 0 Å². The van der Waals surface area contributed by atoms with Crippen LogP contribution in [0.25, 0.3) is 0 Å². The number of non-ortho nitro benzene ring substituents is 1. The number of hydrogen-bond acceptors (Lipinski definition) is 6. The minimum atomic E-state index is -0.732. The molecule has 2 rings (SSSR count). The number of hydrogen-bond donors (Lipinski definition) is 3. The molecule has 0 spiro atoms. The van der Waals surface area contributed by atoms with Crippen molar-refractivity contribution in [2.75, 3.05) is 18.5 Å². The van der Waals surface area contributed by atoms with Crippen LogP contribution in [0, 0.1) is 16.0 Å². The third-order valence-corrected chi connectivity index (χ3v) is 4.77. The Morgan fingerprint density at radius 1 is 1.03 bits per heavy atom. The van der Waals surface area contributed by atoms with E-state index in [4.69, 9.17) is 4.74 Å². The Morgan fingerprint density at radius 3 is 2.24 bits per heavy atom. The van der Waals surface area contributed by atoms with E-state index < -0.39 is 16.9 Å². The summed E-state index contributed by atoms with van der Waals surface area (Å²) in [6.45, 7) is 6.39. The van der Waals surface area contributed by atoms with Crippen LogP contribution in [0.5, 0.6) is 5.75 Å². The highest BCUT2D eigenvalue weighted by Crippen LogP contribution is 2.17. The van der Waals surface area contributed by atoms with E-state index in [9.17, 15) is 24.5 Å². The average molecular weight is 471 g/mol. The summed E-state index contributed by atoms with van der Waals surface area (Å²) in [6.07, 6.45) is 0.424. The van der Waals surface area contributed by atoms with Crippen LogP contribution in [0.3, 0.4) is 0 Å². The first-order chi connectivity index (χ1) is 16.2. The maximum absolute atomic E-state index is 12.8. The Balaban J connectivity index is 1.87. The molecule has 0 aromatic heterocycles. The number of nitrogens with one attached hydrogen (secondary N) is 3. The molecule has 2 aromatic carbocycles. The second-order valence-corrected chi connectivity index (χ2v) is 8.01. The summed E-state index contributed by atoms with van der Waals surface area (Å²) in [4.78, 5) is 47.5. The van der Waals surface area contributed by atoms with Crippen molar-refractivity contribution in [2.24, 2.45) is 5.92 Å². The number of ether oxygens (including phenoxy) is 1. The molecule has 10 nitrogen and oxygen atoms in total. The number of carbonyl (C=O) groups excluding carboxylic acids is 3. The zero-order valence-electron chi connectivity index (χ0n) is 19.5. The number of rotatable bonds is 12. The molecule has 3 N–H and O–H groups in total. The number of amides is 3. The molecule has 0 saturated carbocycles. The van der Waals surface area contributed by atoms with Crippen LogP contribution in [0.15, 0.2) is 48.5 Å². The Labute approximate surface area is 198 Å². The maximum Gasteiger partial charge on any atom is 0.269 e. The van der Waals surface area contributed by atoms with E-state index in [-0.39, 0.29) is 41.9 Å². The molecule has 0 bridgehead atoms. The molecule has 34 heavy (non-hydrogen) atoms. The number of carbonyl (C=O) groups is 3. The summed E-state index contributed by atoms with van der Waals surface area (Å²) in [5, 5.41) is 18.8. The van der Waals surface area contributed by atoms with Gasteiger partial charge < -0.3 is 20.7 Å². The quantitative estimate of drug-likeness (QED) is 0.321. The first kappa shape index (κ1) is 26.3. The normalized spacial score (nSPS) is 11.4. The number of nitrogens with zero attached hydrogens (tertiary/aromatic N) is 1. The fourth-order valence-electron chi connectivity index (χ4n) is 3.13. The Hall–Kier alpha value is -3.95. The van der Waals surface area contributed by atoms with E-state index >= 15 is 0 Å². The highest BCUT2D eigenvalue weighted by molar-refractivity contribution is 5.97. The number of anilines is 1. The predicted octanol–water partition coefficient (Wildman–Crippen LogP) is 3.28. The van der Waals surface area contributed by atoms with Crippen molar-refractivity contribution in [1.29, 1.82) is 0 Å². The second-order valence-electron chi connectivity index (χ2n) is 8.01. The van der Waals surface area contributed by atoms with E-state index in [2.05, 4.69) is 16.0 Å². The van der Waals surface area contributed by atoms with Gasteiger partial charge in [0.2, 0.25) is 11.8 Å². The summed E-state index contributed by atoms with van der Waals surface area (Å²) in [5.41, 5.74) is 0.723. The number of benzene rings is 2. The molecule has 0 aliphatic rings. The average Bonchev–Trinajstić information content (AvgIpc) is 2.79. The predicted molar refractivity (Wildman–Crippen MR) is 128 cm³/mol. The standard InChI is InChI=1S/C24H30N4O6/c1-4-34-20-11-7-18(8-12-20)26-24(31)21(15-16(2)3)27-22(29)13-14-25-23(30)17-5-9-19(10-6-17)28(32)33/h5-12,16,21H,4,13-15H2,1-3H3,(H,25,30)(H,26,31)(H,27,29)/t21-/m0/s1. The molecule has 0 heterocycles. The largest absolute Gasteiger partial charge is 0.494 e. The summed E-state index contributed by atoms with van der Waals surface area (Å²) in [5.74, 6) is -0.297. The van der Waals surface area contributed by atoms with Crippen molar-refractivity contribution in [3.05, 3.63) is 64.2 Å². The molecule has 3 amide bonds. The van der Waals surface area contributed by atoms with Gasteiger partial charge in [-0.3, -0.25) is 24.5 Å². The monoisotopic (exact) mass is 470 g/mol. The van der Waals surface area contributed by atoms with Gasteiger partial charge in [-0.15, -0.1) is 0 Å². The second kappa shape index (κ2) is 12.9. The minimum absolute atomic E-state index is 0.0242. The van der Waals surface area contributed by atoms with Gasteiger partial charge in [-0.1, -0.05) is 13.8 Å². The minimum Gasteiger partial charge on any atom is -0.494 e. The highest BCUT2D eigenvalue weighted by Gasteiger charge is 2.22. The summed E-state index contributed by atoms with van der Waals surface area (Å²) in [6, 6.07) is 11.4. The van der Waals surface area contributed by atoms with Gasteiger partial charge in [0, 0.05) is 36.3 Å². The van der Waals surface area contributed by atoms with Crippen LogP contribution < -0.4 is 20.7 Å². The fraction of sp³-hybridized carbons (Fsp3) is 0.375. The van der Waals surface area contributed by atoms with Gasteiger partial charge in [0.25, 0.3) is 11.6 Å². The first-order valence-electron chi connectivity index (χ1n) is 11.0. The van der Waals surface area contributed by atoms with Crippen molar-refractivity contribution in [2.45, 2.75) is 39.7 Å². The molecule has 0 fully saturated rings. The van der Waals surface area contributed by atoms with Crippen LogP contribution in [0.2, 0.25) is 0 Å². The van der Waals surface area contributed by atoms with Gasteiger partial charge in [0.05, 0.1) is 11.5 Å². The molecule has 0 aliphatic heterocycles. The molecular formula is C24H30N4O6. The van der Waals surface area contributed by atoms with Gasteiger partial charge in [0.1, 0.15) is 11.8 Å². The van der Waals surface area contributed by atoms with Crippen molar-refractivity contribution < 1.29 is 24.0 Å². The lowest BCUT2D eigenvalue weighted by Gasteiger charge is -2.20. The zero-order chi connectivity index (χ0) is 25.1. The van der Waals surface area contributed by atoms with Crippen LogP contribution in [-0.4, -0.2) is 41.8 Å². The third-order valence-electron chi connectivity index (χ3n) is 4.77. The first-order valence-corrected chi connectivity index (χ1v) is 11.0. The molecule has 0 radical (unpaired) electrons. The van der Waals surface area contributed by atoms with E-state index in [1.165, 1.54) is 24.3 Å². The summed E-state index contributed by atoms with van der Waals surface area (Å²) >= 11 is 0. The van der Waals surface area contributed by atoms with Gasteiger partial charge in [0.15, 0.2) is 0 Å². The Bertz CT molecular complexity index is 990. The van der Waals surface area contributed by atoms with E-state index in [0.717, 1.165) is 0 Å². The van der Waals surface area contributed by atoms with Gasteiger partial charge in [-0.05, 0) is 55.7 Å². The van der Waals surface area contributed by atoms with Gasteiger partial charge in [-0.2, -0.15) is 0 Å². The van der Waals surface area contributed by atoms with Crippen molar-refractivity contribution >= 4 is 29.1 Å². The third kappa shape index (κ3) is 8.53. The zero-order valence-corrected chi connectivity index (χ0v) is 19.5. The van der Waals surface area contributed by atoms with E-state index in [1.807, 2.05) is 20.8 Å². The van der Waals surface area contributed by atoms with Crippen LogP contribution in [0.1, 0.15) is 44.0 Å². The molecular weight excluding hydrogens is 440 g/mol. The van der Waals surface area contributed by atoms with Crippen molar-refractivity contribution in [1.82, 2.24) is 10.6 Å². The molecule has 1 atom stereocenters. The topological polar surface area (TPSA) is 140 Å². The van der Waals surface area contributed by atoms with Crippen LogP contribution in [-0.2, 0) is 9.59 Å². The molecule has 0 saturated heterocycles. The lowest BCUT2D eigenvalue weighted by atomic mass is 10.0.